The van der Waals surface area contributed by atoms with E-state index >= 15 is 0 Å². The number of aromatic amines is 1. The van der Waals surface area contributed by atoms with Crippen molar-refractivity contribution in [1.29, 1.82) is 0 Å². The summed E-state index contributed by atoms with van der Waals surface area (Å²) in [7, 11) is 0. The molecule has 0 saturated carbocycles. The van der Waals surface area contributed by atoms with E-state index in [1.807, 2.05) is 0 Å². The van der Waals surface area contributed by atoms with Crippen LogP contribution >= 0.6 is 23.2 Å². The van der Waals surface area contributed by atoms with Crippen molar-refractivity contribution >= 4 is 34.0 Å². The fourth-order valence-electron chi connectivity index (χ4n) is 2.05. The zero-order valence-corrected chi connectivity index (χ0v) is 11.6. The quantitative estimate of drug-likeness (QED) is 0.751. The Bertz CT molecular complexity index is 908. The maximum Gasteiger partial charge on any atom is 0.277 e. The molecule has 0 aliphatic carbocycles. The minimum absolute atomic E-state index is 0.335. The zero-order valence-electron chi connectivity index (χ0n) is 10.1. The molecule has 4 nitrogen and oxygen atoms in total. The Morgan fingerprint density at radius 3 is 2.15 bits per heavy atom. The Labute approximate surface area is 123 Å². The second kappa shape index (κ2) is 4.81. The van der Waals surface area contributed by atoms with E-state index in [0.717, 1.165) is 4.68 Å². The van der Waals surface area contributed by atoms with Gasteiger partial charge in [-0.1, -0.05) is 35.3 Å². The van der Waals surface area contributed by atoms with Gasteiger partial charge >= 0.3 is 0 Å². The highest BCUT2D eigenvalue weighted by Gasteiger charge is 2.09. The summed E-state index contributed by atoms with van der Waals surface area (Å²) in [5.41, 5.74) is -0.273. The standard InChI is InChI=1S/C14H8Cl2N2O2/c15-8-5-9(16)7-10(6-8)18-14(20)12-4-2-1-3-11(12)13(19)17-18/h1-7H,(H,17,19). The fraction of sp³-hybridized carbons (Fsp3) is 0. The lowest BCUT2D eigenvalue weighted by atomic mass is 10.2. The van der Waals surface area contributed by atoms with E-state index < -0.39 is 0 Å². The normalized spacial score (nSPS) is 10.9. The maximum absolute atomic E-state index is 12.4. The fourth-order valence-corrected chi connectivity index (χ4v) is 2.57. The van der Waals surface area contributed by atoms with Gasteiger partial charge in [0.25, 0.3) is 11.1 Å². The van der Waals surface area contributed by atoms with Crippen LogP contribution in [-0.2, 0) is 0 Å². The average Bonchev–Trinajstić information content (AvgIpc) is 2.42. The van der Waals surface area contributed by atoms with Crippen LogP contribution in [0, 0.1) is 0 Å². The SMILES string of the molecule is O=c1[nH]n(-c2cc(Cl)cc(Cl)c2)c(=O)c2ccccc12. The number of nitrogens with zero attached hydrogens (tertiary/aromatic N) is 1. The van der Waals surface area contributed by atoms with Crippen LogP contribution < -0.4 is 11.1 Å². The van der Waals surface area contributed by atoms with E-state index in [1.165, 1.54) is 0 Å². The molecule has 0 aliphatic heterocycles. The van der Waals surface area contributed by atoms with Crippen molar-refractivity contribution in [3.8, 4) is 5.69 Å². The van der Waals surface area contributed by atoms with Gasteiger partial charge in [0, 0.05) is 10.0 Å². The predicted octanol–water partition coefficient (Wildman–Crippen LogP) is 2.99. The number of rotatable bonds is 1. The molecule has 0 unspecified atom stereocenters. The van der Waals surface area contributed by atoms with Crippen molar-refractivity contribution in [3.05, 3.63) is 73.2 Å². The lowest BCUT2D eigenvalue weighted by Crippen LogP contribution is -2.28. The Kier molecular flexibility index (Phi) is 3.12. The van der Waals surface area contributed by atoms with E-state index in [-0.39, 0.29) is 11.1 Å². The van der Waals surface area contributed by atoms with Crippen LogP contribution in [0.15, 0.2) is 52.1 Å². The molecule has 1 N–H and O–H groups in total. The van der Waals surface area contributed by atoms with Gasteiger partial charge in [0.15, 0.2) is 0 Å². The third-order valence-electron chi connectivity index (χ3n) is 2.92. The van der Waals surface area contributed by atoms with Gasteiger partial charge in [0.05, 0.1) is 16.5 Å². The maximum atomic E-state index is 12.4. The van der Waals surface area contributed by atoms with Gasteiger partial charge in [-0.25, -0.2) is 4.68 Å². The second-order valence-corrected chi connectivity index (χ2v) is 5.13. The molecular formula is C14H8Cl2N2O2. The molecule has 1 heterocycles. The Morgan fingerprint density at radius 1 is 0.900 bits per heavy atom. The molecule has 0 radical (unpaired) electrons. The van der Waals surface area contributed by atoms with Crippen LogP contribution in [0.25, 0.3) is 16.5 Å². The molecule has 0 spiro atoms. The van der Waals surface area contributed by atoms with Gasteiger partial charge in [-0.05, 0) is 30.3 Å². The molecule has 0 fully saturated rings. The van der Waals surface area contributed by atoms with Gasteiger partial charge in [0.1, 0.15) is 0 Å². The summed E-state index contributed by atoms with van der Waals surface area (Å²) in [4.78, 5) is 24.4. The highest BCUT2D eigenvalue weighted by Crippen LogP contribution is 2.20. The Morgan fingerprint density at radius 2 is 1.50 bits per heavy atom. The lowest BCUT2D eigenvalue weighted by Gasteiger charge is -2.08. The summed E-state index contributed by atoms with van der Waals surface area (Å²) in [5, 5.41) is 3.98. The smallest absolute Gasteiger partial charge is 0.267 e. The summed E-state index contributed by atoms with van der Waals surface area (Å²) in [6.07, 6.45) is 0. The van der Waals surface area contributed by atoms with Gasteiger partial charge in [-0.3, -0.25) is 14.7 Å². The minimum Gasteiger partial charge on any atom is -0.267 e. The first-order valence-electron chi connectivity index (χ1n) is 5.77. The summed E-state index contributed by atoms with van der Waals surface area (Å²) < 4.78 is 1.14. The number of hydrogen-bond donors (Lipinski definition) is 1. The van der Waals surface area contributed by atoms with Gasteiger partial charge in [0.2, 0.25) is 0 Å². The second-order valence-electron chi connectivity index (χ2n) is 4.25. The molecule has 0 atom stereocenters. The van der Waals surface area contributed by atoms with Crippen molar-refractivity contribution in [2.24, 2.45) is 0 Å². The molecule has 0 amide bonds. The van der Waals surface area contributed by atoms with Crippen LogP contribution in [0.3, 0.4) is 0 Å². The largest absolute Gasteiger partial charge is 0.277 e. The summed E-state index contributed by atoms with van der Waals surface area (Å²) >= 11 is 11.8. The van der Waals surface area contributed by atoms with Crippen molar-refractivity contribution < 1.29 is 0 Å². The monoisotopic (exact) mass is 306 g/mol. The highest BCUT2D eigenvalue weighted by molar-refractivity contribution is 6.34. The van der Waals surface area contributed by atoms with Crippen molar-refractivity contribution in [2.75, 3.05) is 0 Å². The van der Waals surface area contributed by atoms with E-state index in [1.54, 1.807) is 42.5 Å². The van der Waals surface area contributed by atoms with Crippen LogP contribution in [0.2, 0.25) is 10.0 Å². The number of fused-ring (bicyclic) bond motifs is 1. The number of H-pyrrole nitrogens is 1. The van der Waals surface area contributed by atoms with Gasteiger partial charge < -0.3 is 0 Å². The van der Waals surface area contributed by atoms with Crippen LogP contribution in [-0.4, -0.2) is 9.78 Å². The van der Waals surface area contributed by atoms with E-state index in [2.05, 4.69) is 5.10 Å². The molecule has 6 heteroatoms. The first-order chi connectivity index (χ1) is 9.56. The average molecular weight is 307 g/mol. The molecular weight excluding hydrogens is 299 g/mol. The first-order valence-corrected chi connectivity index (χ1v) is 6.52. The third kappa shape index (κ3) is 2.13. The third-order valence-corrected chi connectivity index (χ3v) is 3.36. The van der Waals surface area contributed by atoms with Crippen molar-refractivity contribution in [2.45, 2.75) is 0 Å². The van der Waals surface area contributed by atoms with Gasteiger partial charge in [-0.15, -0.1) is 0 Å². The number of hydrogen-bond acceptors (Lipinski definition) is 2. The van der Waals surface area contributed by atoms with Crippen molar-refractivity contribution in [1.82, 2.24) is 9.78 Å². The molecule has 3 rings (SSSR count). The Balaban J connectivity index is 2.40. The predicted molar refractivity (Wildman–Crippen MR) is 80.2 cm³/mol. The molecule has 0 aliphatic rings. The summed E-state index contributed by atoms with van der Waals surface area (Å²) in [5.74, 6) is 0. The van der Waals surface area contributed by atoms with E-state index in [4.69, 9.17) is 23.2 Å². The molecule has 0 bridgehead atoms. The topological polar surface area (TPSA) is 54.9 Å². The van der Waals surface area contributed by atoms with E-state index in [9.17, 15) is 9.59 Å². The van der Waals surface area contributed by atoms with Crippen LogP contribution in [0.5, 0.6) is 0 Å². The first kappa shape index (κ1) is 13.0. The summed E-state index contributed by atoms with van der Waals surface area (Å²) in [6.45, 7) is 0. The molecule has 100 valence electrons. The molecule has 3 aromatic rings. The molecule has 20 heavy (non-hydrogen) atoms. The number of aromatic nitrogens is 2. The molecule has 1 aromatic heterocycles. The van der Waals surface area contributed by atoms with Gasteiger partial charge in [-0.2, -0.15) is 0 Å². The number of benzene rings is 2. The van der Waals surface area contributed by atoms with E-state index in [0.29, 0.717) is 26.5 Å². The zero-order chi connectivity index (χ0) is 14.3. The minimum atomic E-state index is -0.351. The summed E-state index contributed by atoms with van der Waals surface area (Å²) in [6, 6.07) is 11.3. The van der Waals surface area contributed by atoms with Crippen LogP contribution in [0.4, 0.5) is 0 Å². The number of nitrogens with one attached hydrogen (secondary N) is 1. The highest BCUT2D eigenvalue weighted by atomic mass is 35.5. The van der Waals surface area contributed by atoms with Crippen LogP contribution in [0.1, 0.15) is 0 Å². The lowest BCUT2D eigenvalue weighted by molar-refractivity contribution is 0.802. The molecule has 0 saturated heterocycles. The Hall–Kier alpha value is -2.04. The van der Waals surface area contributed by atoms with Crippen molar-refractivity contribution in [3.63, 3.8) is 0 Å². The number of halogens is 2. The molecule has 2 aromatic carbocycles.